The zero-order chi connectivity index (χ0) is 22.1. The van der Waals surface area contributed by atoms with E-state index in [0.717, 1.165) is 5.56 Å². The number of carbonyl (C=O) groups excluding carboxylic acids is 3. The van der Waals surface area contributed by atoms with E-state index in [-0.39, 0.29) is 13.2 Å². The molecule has 0 spiro atoms. The van der Waals surface area contributed by atoms with Gasteiger partial charge >= 0.3 is 17.9 Å². The van der Waals surface area contributed by atoms with E-state index >= 15 is 0 Å². The summed E-state index contributed by atoms with van der Waals surface area (Å²) in [5.74, 6) is -1.92. The molecule has 1 unspecified atom stereocenters. The summed E-state index contributed by atoms with van der Waals surface area (Å²) in [5.41, 5.74) is 9.88. The lowest BCUT2D eigenvalue weighted by Crippen LogP contribution is -2.60. The fourth-order valence-electron chi connectivity index (χ4n) is 2.96. The summed E-state index contributed by atoms with van der Waals surface area (Å²) >= 11 is 0. The smallest absolute Gasteiger partial charge is 0.305 e. The summed E-state index contributed by atoms with van der Waals surface area (Å²) in [5, 5.41) is 3.71. The summed E-state index contributed by atoms with van der Waals surface area (Å²) in [6, 6.07) is 8.01. The number of ether oxygens (including phenoxy) is 5. The van der Waals surface area contributed by atoms with Crippen molar-refractivity contribution in [3.63, 3.8) is 0 Å². The van der Waals surface area contributed by atoms with Gasteiger partial charge in [0, 0.05) is 25.7 Å². The lowest BCUT2D eigenvalue weighted by Gasteiger charge is -2.43. The summed E-state index contributed by atoms with van der Waals surface area (Å²) in [4.78, 5) is 37.3. The van der Waals surface area contributed by atoms with Crippen molar-refractivity contribution in [2.75, 3.05) is 6.61 Å². The molecule has 1 heterocycles. The maximum absolute atomic E-state index is 11.6. The molecular weight excluding hydrogens is 398 g/mol. The first-order valence-electron chi connectivity index (χ1n) is 9.14. The fraction of sp³-hybridized carbons (Fsp3) is 0.526. The van der Waals surface area contributed by atoms with Crippen LogP contribution in [0.4, 0.5) is 0 Å². The Morgan fingerprint density at radius 3 is 2.27 bits per heavy atom. The van der Waals surface area contributed by atoms with E-state index in [2.05, 4.69) is 10.0 Å². The first-order valence-corrected chi connectivity index (χ1v) is 9.14. The minimum Gasteiger partial charge on any atom is -0.463 e. The molecule has 1 saturated heterocycles. The summed E-state index contributed by atoms with van der Waals surface area (Å²) in [6.45, 7) is 3.33. The molecule has 2 rings (SSSR count). The first-order chi connectivity index (χ1) is 14.3. The Labute approximate surface area is 172 Å². The normalized spacial score (nSPS) is 25.5. The molecule has 1 aromatic carbocycles. The SMILES string of the molecule is CC(=O)OC[C@H]1OC(OC(C)=O)[C@H](OCc2ccccc2)[C@@H](N=[N+]=[N-])[C@@H]1OC(C)=O. The Balaban J connectivity index is 2.34. The molecule has 0 aromatic heterocycles. The van der Waals surface area contributed by atoms with Gasteiger partial charge in [-0.2, -0.15) is 0 Å². The van der Waals surface area contributed by atoms with Gasteiger partial charge in [0.25, 0.3) is 0 Å². The Hall–Kier alpha value is -3.14. The van der Waals surface area contributed by atoms with Gasteiger partial charge in [-0.05, 0) is 11.1 Å². The molecule has 5 atom stereocenters. The molecule has 1 aliphatic heterocycles. The van der Waals surface area contributed by atoms with Gasteiger partial charge in [0.2, 0.25) is 6.29 Å². The molecule has 0 bridgehead atoms. The van der Waals surface area contributed by atoms with Crippen LogP contribution in [0.25, 0.3) is 10.4 Å². The minimum atomic E-state index is -1.28. The molecule has 1 aliphatic rings. The Kier molecular flexibility index (Phi) is 8.60. The fourth-order valence-corrected chi connectivity index (χ4v) is 2.96. The molecule has 0 aliphatic carbocycles. The highest BCUT2D eigenvalue weighted by molar-refractivity contribution is 5.67. The van der Waals surface area contributed by atoms with Crippen molar-refractivity contribution in [2.45, 2.75) is 58.0 Å². The van der Waals surface area contributed by atoms with Crippen LogP contribution in [-0.4, -0.2) is 55.2 Å². The highest BCUT2D eigenvalue weighted by Crippen LogP contribution is 2.30. The first kappa shape index (κ1) is 23.1. The number of esters is 3. The zero-order valence-corrected chi connectivity index (χ0v) is 16.8. The molecule has 0 radical (unpaired) electrons. The van der Waals surface area contributed by atoms with Crippen molar-refractivity contribution in [3.05, 3.63) is 46.3 Å². The van der Waals surface area contributed by atoms with Crippen molar-refractivity contribution in [2.24, 2.45) is 5.11 Å². The van der Waals surface area contributed by atoms with Gasteiger partial charge in [-0.1, -0.05) is 35.4 Å². The number of rotatable bonds is 8. The van der Waals surface area contributed by atoms with Crippen molar-refractivity contribution < 1.29 is 38.1 Å². The molecule has 30 heavy (non-hydrogen) atoms. The van der Waals surface area contributed by atoms with Crippen LogP contribution in [0.5, 0.6) is 0 Å². The third-order valence-corrected chi connectivity index (χ3v) is 4.12. The topological polar surface area (TPSA) is 146 Å². The van der Waals surface area contributed by atoms with Gasteiger partial charge < -0.3 is 23.7 Å². The number of azide groups is 1. The summed E-state index contributed by atoms with van der Waals surface area (Å²) in [6.07, 6.45) is -4.54. The molecule has 0 amide bonds. The Bertz CT molecular complexity index is 796. The van der Waals surface area contributed by atoms with Gasteiger partial charge in [-0.25, -0.2) is 0 Å². The molecule has 0 saturated carbocycles. The monoisotopic (exact) mass is 421 g/mol. The van der Waals surface area contributed by atoms with Crippen LogP contribution in [0.2, 0.25) is 0 Å². The summed E-state index contributed by atoms with van der Waals surface area (Å²) < 4.78 is 27.1. The molecular formula is C19H23N3O8. The number of benzene rings is 1. The van der Waals surface area contributed by atoms with Crippen LogP contribution in [-0.2, 0) is 44.7 Å². The van der Waals surface area contributed by atoms with Gasteiger partial charge in [0.15, 0.2) is 0 Å². The van der Waals surface area contributed by atoms with Gasteiger partial charge in [-0.15, -0.1) is 0 Å². The van der Waals surface area contributed by atoms with Crippen LogP contribution in [0.15, 0.2) is 35.4 Å². The van der Waals surface area contributed by atoms with E-state index in [1.54, 1.807) is 0 Å². The largest absolute Gasteiger partial charge is 0.463 e. The second kappa shape index (κ2) is 11.1. The Morgan fingerprint density at radius 2 is 1.70 bits per heavy atom. The van der Waals surface area contributed by atoms with E-state index in [9.17, 15) is 14.4 Å². The quantitative estimate of drug-likeness (QED) is 0.204. The van der Waals surface area contributed by atoms with Gasteiger partial charge in [0.1, 0.15) is 31.0 Å². The lowest BCUT2D eigenvalue weighted by atomic mass is 9.96. The maximum Gasteiger partial charge on any atom is 0.305 e. The van der Waals surface area contributed by atoms with Crippen LogP contribution in [0.1, 0.15) is 26.3 Å². The van der Waals surface area contributed by atoms with Gasteiger partial charge in [0.05, 0.1) is 6.61 Å². The van der Waals surface area contributed by atoms with Crippen LogP contribution in [0.3, 0.4) is 0 Å². The standard InChI is InChI=1S/C19H23N3O8/c1-11(23)26-10-15-17(28-12(2)24)16(21-22-20)18(19(30-15)29-13(3)25)27-9-14-7-5-4-6-8-14/h4-8,15-19H,9-10H2,1-3H3/t15-,16+,17-,18-,19?/m1/s1. The van der Waals surface area contributed by atoms with E-state index < -0.39 is 48.6 Å². The predicted octanol–water partition coefficient (Wildman–Crippen LogP) is 2.03. The van der Waals surface area contributed by atoms with Crippen molar-refractivity contribution in [1.29, 1.82) is 0 Å². The summed E-state index contributed by atoms with van der Waals surface area (Å²) in [7, 11) is 0. The average Bonchev–Trinajstić information content (AvgIpc) is 2.68. The lowest BCUT2D eigenvalue weighted by molar-refractivity contribution is -0.281. The zero-order valence-electron chi connectivity index (χ0n) is 16.8. The second-order valence-corrected chi connectivity index (χ2v) is 6.49. The van der Waals surface area contributed by atoms with E-state index in [1.807, 2.05) is 30.3 Å². The van der Waals surface area contributed by atoms with Crippen molar-refractivity contribution in [1.82, 2.24) is 0 Å². The third-order valence-electron chi connectivity index (χ3n) is 4.12. The van der Waals surface area contributed by atoms with E-state index in [1.165, 1.54) is 20.8 Å². The van der Waals surface area contributed by atoms with Crippen molar-refractivity contribution >= 4 is 17.9 Å². The average molecular weight is 421 g/mol. The number of carbonyl (C=O) groups is 3. The van der Waals surface area contributed by atoms with Crippen molar-refractivity contribution in [3.8, 4) is 0 Å². The Morgan fingerprint density at radius 1 is 1.03 bits per heavy atom. The molecule has 1 fully saturated rings. The highest BCUT2D eigenvalue weighted by Gasteiger charge is 2.50. The minimum absolute atomic E-state index is 0.0888. The van der Waals surface area contributed by atoms with Crippen LogP contribution in [0, 0.1) is 0 Å². The molecule has 162 valence electrons. The highest BCUT2D eigenvalue weighted by atomic mass is 16.7. The third kappa shape index (κ3) is 6.73. The second-order valence-electron chi connectivity index (χ2n) is 6.49. The van der Waals surface area contributed by atoms with Crippen LogP contribution < -0.4 is 0 Å². The van der Waals surface area contributed by atoms with Gasteiger partial charge in [-0.3, -0.25) is 14.4 Å². The molecule has 11 heteroatoms. The number of hydrogen-bond acceptors (Lipinski definition) is 9. The maximum atomic E-state index is 11.6. The van der Waals surface area contributed by atoms with E-state index in [4.69, 9.17) is 29.2 Å². The predicted molar refractivity (Wildman–Crippen MR) is 101 cm³/mol. The van der Waals surface area contributed by atoms with Crippen LogP contribution >= 0.6 is 0 Å². The number of nitrogens with zero attached hydrogens (tertiary/aromatic N) is 3. The molecule has 11 nitrogen and oxygen atoms in total. The molecule has 1 aromatic rings. The molecule has 0 N–H and O–H groups in total. The van der Waals surface area contributed by atoms with E-state index in [0.29, 0.717) is 0 Å². The number of hydrogen-bond donors (Lipinski definition) is 0.